The van der Waals surface area contributed by atoms with Crippen molar-refractivity contribution < 1.29 is 43.2 Å². The number of hydrogen-bond donors (Lipinski definition) is 2. The maximum absolute atomic E-state index is 12.8. The molecule has 1 aliphatic rings. The highest BCUT2D eigenvalue weighted by atomic mass is 16.5. The number of benzene rings is 2. The first-order chi connectivity index (χ1) is 16.4. The van der Waals surface area contributed by atoms with Crippen LogP contribution < -0.4 is 29.0 Å². The van der Waals surface area contributed by atoms with E-state index in [2.05, 4.69) is 5.32 Å². The first-order valence-electron chi connectivity index (χ1n) is 10.4. The Bertz CT molecular complexity index is 1120. The molecule has 0 saturated heterocycles. The normalized spacial score (nSPS) is 13.1. The fourth-order valence-corrected chi connectivity index (χ4v) is 3.23. The van der Waals surface area contributed by atoms with Crippen LogP contribution in [0.25, 0.3) is 6.08 Å². The number of ether oxygens (including phenoxy) is 5. The number of carbonyl (C=O) groups excluding carboxylic acids is 2. The summed E-state index contributed by atoms with van der Waals surface area (Å²) >= 11 is 0. The predicted octanol–water partition coefficient (Wildman–Crippen LogP) is 2.69. The van der Waals surface area contributed by atoms with E-state index in [9.17, 15) is 14.4 Å². The molecular formula is C24H25NO9. The molecule has 2 aromatic carbocycles. The fourth-order valence-electron chi connectivity index (χ4n) is 3.23. The lowest BCUT2D eigenvalue weighted by atomic mass is 10.1. The van der Waals surface area contributed by atoms with Crippen LogP contribution in [0.15, 0.2) is 36.1 Å². The van der Waals surface area contributed by atoms with Crippen molar-refractivity contribution in [2.75, 3.05) is 34.5 Å². The molecule has 0 aliphatic carbocycles. The van der Waals surface area contributed by atoms with Gasteiger partial charge in [0, 0.05) is 30.7 Å². The first-order valence-corrected chi connectivity index (χ1v) is 10.4. The average Bonchev–Trinajstić information content (AvgIpc) is 3.14. The minimum absolute atomic E-state index is 0.0254. The van der Waals surface area contributed by atoms with Gasteiger partial charge in [-0.25, -0.2) is 0 Å². The van der Waals surface area contributed by atoms with Crippen LogP contribution in [0.5, 0.6) is 28.7 Å². The molecule has 1 aliphatic heterocycles. The Morgan fingerprint density at radius 1 is 1.03 bits per heavy atom. The van der Waals surface area contributed by atoms with Gasteiger partial charge in [-0.2, -0.15) is 0 Å². The third-order valence-electron chi connectivity index (χ3n) is 4.92. The molecule has 0 radical (unpaired) electrons. The quantitative estimate of drug-likeness (QED) is 0.375. The summed E-state index contributed by atoms with van der Waals surface area (Å²) in [6, 6.07) is 7.98. The maximum atomic E-state index is 12.8. The van der Waals surface area contributed by atoms with E-state index >= 15 is 0 Å². The molecule has 2 N–H and O–H groups in total. The Hall–Kier alpha value is -4.21. The minimum Gasteiger partial charge on any atom is -0.496 e. The molecule has 2 aromatic rings. The Balaban J connectivity index is 1.69. The van der Waals surface area contributed by atoms with E-state index in [0.29, 0.717) is 46.3 Å². The second-order valence-corrected chi connectivity index (χ2v) is 7.18. The number of allylic oxidation sites excluding steroid dienone is 1. The number of nitrogens with one attached hydrogen (secondary N) is 1. The van der Waals surface area contributed by atoms with Gasteiger partial charge in [0.2, 0.25) is 5.78 Å². The number of hydrogen-bond acceptors (Lipinski definition) is 8. The van der Waals surface area contributed by atoms with Crippen molar-refractivity contribution in [1.29, 1.82) is 0 Å². The highest BCUT2D eigenvalue weighted by molar-refractivity contribution is 6.14. The van der Waals surface area contributed by atoms with E-state index in [-0.39, 0.29) is 37.0 Å². The van der Waals surface area contributed by atoms with Crippen LogP contribution in [0.3, 0.4) is 0 Å². The largest absolute Gasteiger partial charge is 0.496 e. The Kier molecular flexibility index (Phi) is 7.96. The van der Waals surface area contributed by atoms with Gasteiger partial charge in [0.25, 0.3) is 5.91 Å². The van der Waals surface area contributed by atoms with Crippen molar-refractivity contribution in [3.8, 4) is 28.7 Å². The van der Waals surface area contributed by atoms with Crippen LogP contribution >= 0.6 is 0 Å². The molecule has 0 bridgehead atoms. The fraction of sp³-hybridized carbons (Fsp3) is 0.292. The van der Waals surface area contributed by atoms with Crippen molar-refractivity contribution in [2.45, 2.75) is 12.8 Å². The highest BCUT2D eigenvalue weighted by Gasteiger charge is 2.28. The van der Waals surface area contributed by atoms with Crippen LogP contribution in [0.2, 0.25) is 0 Å². The van der Waals surface area contributed by atoms with Crippen LogP contribution in [0, 0.1) is 0 Å². The topological polar surface area (TPSA) is 130 Å². The Morgan fingerprint density at radius 2 is 1.74 bits per heavy atom. The molecular weight excluding hydrogens is 446 g/mol. The number of carbonyl (C=O) groups is 3. The lowest BCUT2D eigenvalue weighted by Crippen LogP contribution is -2.29. The molecule has 0 spiro atoms. The summed E-state index contributed by atoms with van der Waals surface area (Å²) in [6.45, 7) is -0.0185. The molecule has 0 unspecified atom stereocenters. The summed E-state index contributed by atoms with van der Waals surface area (Å²) < 4.78 is 27.2. The molecule has 0 fully saturated rings. The third-order valence-corrected chi connectivity index (χ3v) is 4.92. The van der Waals surface area contributed by atoms with E-state index in [1.54, 1.807) is 30.3 Å². The molecule has 10 heteroatoms. The van der Waals surface area contributed by atoms with Gasteiger partial charge in [0.15, 0.2) is 23.9 Å². The number of fused-ring (bicyclic) bond motifs is 1. The summed E-state index contributed by atoms with van der Waals surface area (Å²) in [7, 11) is 4.52. The van der Waals surface area contributed by atoms with Crippen LogP contribution in [-0.4, -0.2) is 57.2 Å². The number of amides is 1. The number of Topliss-reactive ketones (excluding diaryl/α,β-unsaturated/α-hetero) is 1. The second-order valence-electron chi connectivity index (χ2n) is 7.18. The molecule has 0 atom stereocenters. The molecule has 34 heavy (non-hydrogen) atoms. The van der Waals surface area contributed by atoms with Gasteiger partial charge in [0.1, 0.15) is 17.2 Å². The van der Waals surface area contributed by atoms with Crippen molar-refractivity contribution in [3.05, 3.63) is 47.2 Å². The third kappa shape index (κ3) is 5.77. The summed E-state index contributed by atoms with van der Waals surface area (Å²) in [5, 5.41) is 11.2. The van der Waals surface area contributed by atoms with Crippen molar-refractivity contribution in [1.82, 2.24) is 5.32 Å². The van der Waals surface area contributed by atoms with Crippen molar-refractivity contribution in [2.24, 2.45) is 0 Å². The zero-order chi connectivity index (χ0) is 24.7. The molecule has 180 valence electrons. The lowest BCUT2D eigenvalue weighted by Gasteiger charge is -2.12. The number of methoxy groups -OCH3 is 3. The van der Waals surface area contributed by atoms with Gasteiger partial charge in [-0.3, -0.25) is 14.4 Å². The Labute approximate surface area is 196 Å². The van der Waals surface area contributed by atoms with E-state index in [1.165, 1.54) is 27.4 Å². The molecule has 10 nitrogen and oxygen atoms in total. The standard InChI is InChI=1S/C24H25NO9/c1-30-17-12-20(32-3)19(31-2)9-14(17)10-21-24(29)16-7-6-15(11-18(16)34-21)33-13-22(26)25-8-4-5-23(27)28/h6-7,9-12H,4-5,8,13H2,1-3H3,(H,25,26)(H,27,28)/b21-10-. The molecule has 1 heterocycles. The van der Waals surface area contributed by atoms with Gasteiger partial charge in [-0.05, 0) is 30.7 Å². The van der Waals surface area contributed by atoms with Gasteiger partial charge < -0.3 is 34.1 Å². The smallest absolute Gasteiger partial charge is 0.303 e. The number of ketones is 1. The van der Waals surface area contributed by atoms with Gasteiger partial charge in [-0.15, -0.1) is 0 Å². The lowest BCUT2D eigenvalue weighted by molar-refractivity contribution is -0.137. The SMILES string of the molecule is COc1cc(OC)c(OC)cc1/C=C1\Oc2cc(OCC(=O)NCCCC(=O)O)ccc2C1=O. The highest BCUT2D eigenvalue weighted by Crippen LogP contribution is 2.39. The predicted molar refractivity (Wildman–Crippen MR) is 121 cm³/mol. The van der Waals surface area contributed by atoms with E-state index in [1.807, 2.05) is 0 Å². The molecule has 3 rings (SSSR count). The summed E-state index contributed by atoms with van der Waals surface area (Å²) in [5.74, 6) is 0.540. The maximum Gasteiger partial charge on any atom is 0.303 e. The van der Waals surface area contributed by atoms with Gasteiger partial charge in [-0.1, -0.05) is 0 Å². The van der Waals surface area contributed by atoms with Gasteiger partial charge in [0.05, 0.1) is 26.9 Å². The van der Waals surface area contributed by atoms with Crippen LogP contribution in [0.1, 0.15) is 28.8 Å². The zero-order valence-electron chi connectivity index (χ0n) is 19.0. The first kappa shape index (κ1) is 24.4. The zero-order valence-corrected chi connectivity index (χ0v) is 19.0. The molecule has 0 aromatic heterocycles. The second kappa shape index (κ2) is 11.1. The number of carboxylic acids is 1. The monoisotopic (exact) mass is 471 g/mol. The van der Waals surface area contributed by atoms with E-state index in [4.69, 9.17) is 28.8 Å². The number of rotatable bonds is 11. The molecule has 1 amide bonds. The number of carboxylic acid groups (broad SMARTS) is 1. The van der Waals surface area contributed by atoms with E-state index < -0.39 is 5.97 Å². The minimum atomic E-state index is -0.920. The van der Waals surface area contributed by atoms with Crippen molar-refractivity contribution in [3.63, 3.8) is 0 Å². The molecule has 0 saturated carbocycles. The number of aliphatic carboxylic acids is 1. The van der Waals surface area contributed by atoms with Crippen molar-refractivity contribution >= 4 is 23.7 Å². The summed E-state index contributed by atoms with van der Waals surface area (Å²) in [4.78, 5) is 35.2. The van der Waals surface area contributed by atoms with Gasteiger partial charge >= 0.3 is 5.97 Å². The van der Waals surface area contributed by atoms with Crippen LogP contribution in [-0.2, 0) is 9.59 Å². The Morgan fingerprint density at radius 3 is 2.41 bits per heavy atom. The average molecular weight is 471 g/mol. The van der Waals surface area contributed by atoms with E-state index in [0.717, 1.165) is 0 Å². The summed E-state index contributed by atoms with van der Waals surface area (Å²) in [6.07, 6.45) is 1.85. The van der Waals surface area contributed by atoms with Crippen LogP contribution in [0.4, 0.5) is 0 Å². The summed E-state index contributed by atoms with van der Waals surface area (Å²) in [5.41, 5.74) is 0.920.